The molecule has 0 aromatic heterocycles. The number of rotatable bonds is 7. The van der Waals surface area contributed by atoms with E-state index in [0.717, 1.165) is 40.7 Å². The molecule has 1 aliphatic heterocycles. The van der Waals surface area contributed by atoms with Crippen molar-refractivity contribution < 1.29 is 29.0 Å². The average Bonchev–Trinajstić information content (AvgIpc) is 3.25. The van der Waals surface area contributed by atoms with Gasteiger partial charge in [0, 0.05) is 18.9 Å². The van der Waals surface area contributed by atoms with E-state index in [1.54, 1.807) is 24.3 Å². The van der Waals surface area contributed by atoms with Crippen molar-refractivity contribution in [3.05, 3.63) is 95.6 Å². The van der Waals surface area contributed by atoms with Crippen LogP contribution < -0.4 is 0 Å². The lowest BCUT2D eigenvalue weighted by atomic mass is 9.98. The van der Waals surface area contributed by atoms with Gasteiger partial charge >= 0.3 is 18.0 Å². The van der Waals surface area contributed by atoms with E-state index in [1.165, 1.54) is 4.90 Å². The number of hydrogen-bond donors (Lipinski definition) is 1. The molecule has 1 fully saturated rings. The molecular formula is C30H29NO6. The molecule has 3 aromatic carbocycles. The summed E-state index contributed by atoms with van der Waals surface area (Å²) in [6, 6.07) is 24.3. The standard InChI is InChI=1S/C30H29NO6/c32-28(33)27(18-20-10-2-1-3-11-20)37-29(34)26-16-8-9-17-31(26)30(35)36-19-25-23-14-6-4-12-21(23)22-13-5-7-15-24(22)25/h1-7,10-15,25-27H,8-9,16-19H2,(H,32,33)/t26-,27+/m0/s1. The van der Waals surface area contributed by atoms with Gasteiger partial charge in [0.2, 0.25) is 6.10 Å². The number of likely N-dealkylation sites (tertiary alicyclic amines) is 1. The number of carboxylic acids is 1. The minimum absolute atomic E-state index is 0.0551. The number of carbonyl (C=O) groups excluding carboxylic acids is 2. The first-order chi connectivity index (χ1) is 18.0. The number of piperidine rings is 1. The lowest BCUT2D eigenvalue weighted by molar-refractivity contribution is -0.168. The summed E-state index contributed by atoms with van der Waals surface area (Å²) in [7, 11) is 0. The topological polar surface area (TPSA) is 93.1 Å². The number of aliphatic carboxylic acids is 1. The number of nitrogens with zero attached hydrogens (tertiary/aromatic N) is 1. The molecule has 1 heterocycles. The molecule has 37 heavy (non-hydrogen) atoms. The van der Waals surface area contributed by atoms with E-state index >= 15 is 0 Å². The quantitative estimate of drug-likeness (QED) is 0.459. The maximum absolute atomic E-state index is 13.2. The Bertz CT molecular complexity index is 1240. The number of ether oxygens (including phenoxy) is 2. The number of hydrogen-bond acceptors (Lipinski definition) is 5. The highest BCUT2D eigenvalue weighted by Gasteiger charge is 2.37. The summed E-state index contributed by atoms with van der Waals surface area (Å²) < 4.78 is 11.2. The van der Waals surface area contributed by atoms with Crippen LogP contribution in [0.25, 0.3) is 11.1 Å². The van der Waals surface area contributed by atoms with Gasteiger partial charge in [-0.2, -0.15) is 0 Å². The van der Waals surface area contributed by atoms with Gasteiger partial charge in [-0.1, -0.05) is 78.9 Å². The third-order valence-electron chi connectivity index (χ3n) is 7.14. The van der Waals surface area contributed by atoms with Crippen molar-refractivity contribution in [2.75, 3.05) is 13.2 Å². The first-order valence-corrected chi connectivity index (χ1v) is 12.6. The van der Waals surface area contributed by atoms with Crippen LogP contribution in [0.4, 0.5) is 4.79 Å². The van der Waals surface area contributed by atoms with Gasteiger partial charge in [-0.05, 0) is 47.1 Å². The third kappa shape index (κ3) is 5.21. The summed E-state index contributed by atoms with van der Waals surface area (Å²) in [5.41, 5.74) is 5.24. The minimum atomic E-state index is -1.33. The Balaban J connectivity index is 1.26. The largest absolute Gasteiger partial charge is 0.478 e. The number of carbonyl (C=O) groups is 3. The first kappa shape index (κ1) is 24.6. The molecule has 3 aromatic rings. The third-order valence-corrected chi connectivity index (χ3v) is 7.14. The van der Waals surface area contributed by atoms with Crippen molar-refractivity contribution in [1.29, 1.82) is 0 Å². The Morgan fingerprint density at radius 2 is 1.49 bits per heavy atom. The fourth-order valence-electron chi connectivity index (χ4n) is 5.30. The number of benzene rings is 3. The Hall–Kier alpha value is -4.13. The molecule has 2 aliphatic rings. The van der Waals surface area contributed by atoms with Crippen LogP contribution in [-0.2, 0) is 25.5 Å². The fourth-order valence-corrected chi connectivity index (χ4v) is 5.30. The zero-order valence-electron chi connectivity index (χ0n) is 20.4. The van der Waals surface area contributed by atoms with Crippen LogP contribution in [-0.4, -0.2) is 53.3 Å². The monoisotopic (exact) mass is 499 g/mol. The second kappa shape index (κ2) is 10.9. The molecule has 0 saturated carbocycles. The fraction of sp³-hybridized carbons (Fsp3) is 0.300. The molecule has 7 nitrogen and oxygen atoms in total. The highest BCUT2D eigenvalue weighted by molar-refractivity contribution is 5.85. The maximum Gasteiger partial charge on any atom is 0.410 e. The van der Waals surface area contributed by atoms with Crippen molar-refractivity contribution in [3.8, 4) is 11.1 Å². The first-order valence-electron chi connectivity index (χ1n) is 12.6. The van der Waals surface area contributed by atoms with Crippen LogP contribution in [0, 0.1) is 0 Å². The summed E-state index contributed by atoms with van der Waals surface area (Å²) in [4.78, 5) is 39.4. The number of esters is 1. The summed E-state index contributed by atoms with van der Waals surface area (Å²) in [5, 5.41) is 9.64. The van der Waals surface area contributed by atoms with Crippen LogP contribution in [0.5, 0.6) is 0 Å². The van der Waals surface area contributed by atoms with Crippen LogP contribution in [0.15, 0.2) is 78.9 Å². The lowest BCUT2D eigenvalue weighted by Gasteiger charge is -2.34. The minimum Gasteiger partial charge on any atom is -0.478 e. The van der Waals surface area contributed by atoms with Crippen LogP contribution in [0.3, 0.4) is 0 Å². The number of amides is 1. The van der Waals surface area contributed by atoms with Gasteiger partial charge in [-0.3, -0.25) is 4.90 Å². The molecule has 0 radical (unpaired) electrons. The van der Waals surface area contributed by atoms with Crippen molar-refractivity contribution in [2.45, 2.75) is 43.7 Å². The molecule has 5 rings (SSSR count). The van der Waals surface area contributed by atoms with E-state index in [4.69, 9.17) is 9.47 Å². The molecular weight excluding hydrogens is 470 g/mol. The zero-order valence-corrected chi connectivity index (χ0v) is 20.4. The molecule has 190 valence electrons. The summed E-state index contributed by atoms with van der Waals surface area (Å²) >= 11 is 0. The molecule has 7 heteroatoms. The Morgan fingerprint density at radius 3 is 2.14 bits per heavy atom. The van der Waals surface area contributed by atoms with Gasteiger partial charge in [0.05, 0.1) is 0 Å². The Morgan fingerprint density at radius 1 is 0.865 bits per heavy atom. The van der Waals surface area contributed by atoms with Gasteiger partial charge in [0.1, 0.15) is 12.6 Å². The predicted octanol–water partition coefficient (Wildman–Crippen LogP) is 5.03. The van der Waals surface area contributed by atoms with E-state index in [9.17, 15) is 19.5 Å². The SMILES string of the molecule is O=C(O)[C@@H](Cc1ccccc1)OC(=O)[C@@H]1CCCCN1C(=O)OCC1c2ccccc2-c2ccccc21. The normalized spacial score (nSPS) is 17.4. The molecule has 1 amide bonds. The maximum atomic E-state index is 13.2. The lowest BCUT2D eigenvalue weighted by Crippen LogP contribution is -2.50. The van der Waals surface area contributed by atoms with E-state index in [-0.39, 0.29) is 18.9 Å². The van der Waals surface area contributed by atoms with Crippen molar-refractivity contribution in [2.24, 2.45) is 0 Å². The van der Waals surface area contributed by atoms with Crippen LogP contribution in [0.2, 0.25) is 0 Å². The molecule has 0 bridgehead atoms. The molecule has 1 N–H and O–H groups in total. The number of carboxylic acid groups (broad SMARTS) is 1. The number of fused-ring (bicyclic) bond motifs is 3. The van der Waals surface area contributed by atoms with Crippen molar-refractivity contribution >= 4 is 18.0 Å². The van der Waals surface area contributed by atoms with Gasteiger partial charge < -0.3 is 14.6 Å². The predicted molar refractivity (Wildman–Crippen MR) is 137 cm³/mol. The smallest absolute Gasteiger partial charge is 0.410 e. The van der Waals surface area contributed by atoms with Gasteiger partial charge in [-0.25, -0.2) is 14.4 Å². The van der Waals surface area contributed by atoms with E-state index in [1.807, 2.05) is 42.5 Å². The highest BCUT2D eigenvalue weighted by atomic mass is 16.6. The average molecular weight is 500 g/mol. The van der Waals surface area contributed by atoms with E-state index < -0.39 is 30.2 Å². The van der Waals surface area contributed by atoms with Crippen molar-refractivity contribution in [1.82, 2.24) is 4.90 Å². The van der Waals surface area contributed by atoms with Gasteiger partial charge in [0.15, 0.2) is 0 Å². The van der Waals surface area contributed by atoms with E-state index in [0.29, 0.717) is 13.0 Å². The van der Waals surface area contributed by atoms with Gasteiger partial charge in [-0.15, -0.1) is 0 Å². The second-order valence-electron chi connectivity index (χ2n) is 9.46. The second-order valence-corrected chi connectivity index (χ2v) is 9.46. The van der Waals surface area contributed by atoms with Crippen LogP contribution >= 0.6 is 0 Å². The molecule has 0 unspecified atom stereocenters. The summed E-state index contributed by atoms with van der Waals surface area (Å²) in [6.07, 6.45) is 0.0175. The van der Waals surface area contributed by atoms with Crippen molar-refractivity contribution in [3.63, 3.8) is 0 Å². The Labute approximate surface area is 215 Å². The molecule has 1 aliphatic carbocycles. The van der Waals surface area contributed by atoms with Crippen LogP contribution in [0.1, 0.15) is 41.9 Å². The summed E-state index contributed by atoms with van der Waals surface area (Å²) in [5.74, 6) is -2.02. The molecule has 0 spiro atoms. The zero-order chi connectivity index (χ0) is 25.8. The molecule has 2 atom stereocenters. The molecule has 1 saturated heterocycles. The highest BCUT2D eigenvalue weighted by Crippen LogP contribution is 2.44. The van der Waals surface area contributed by atoms with E-state index in [2.05, 4.69) is 12.1 Å². The summed E-state index contributed by atoms with van der Waals surface area (Å²) in [6.45, 7) is 0.504. The Kier molecular flexibility index (Phi) is 7.21. The van der Waals surface area contributed by atoms with Gasteiger partial charge in [0.25, 0.3) is 0 Å².